The molecule has 0 radical (unpaired) electrons. The number of ether oxygens (including phenoxy) is 2. The minimum atomic E-state index is -0.154. The third-order valence-corrected chi connectivity index (χ3v) is 5.75. The van der Waals surface area contributed by atoms with Crippen LogP contribution in [0.4, 0.5) is 0 Å². The number of hydrogen-bond acceptors (Lipinski definition) is 4. The molecule has 1 amide bonds. The number of hydrogen-bond donors (Lipinski definition) is 1. The quantitative estimate of drug-likeness (QED) is 0.834. The van der Waals surface area contributed by atoms with E-state index in [0.29, 0.717) is 13.2 Å². The first kappa shape index (κ1) is 19.1. The van der Waals surface area contributed by atoms with Gasteiger partial charge >= 0.3 is 0 Å². The first-order chi connectivity index (χ1) is 13.7. The molecule has 2 aromatic carbocycles. The molecule has 6 heteroatoms. The number of amides is 1. The number of benzene rings is 2. The van der Waals surface area contributed by atoms with E-state index in [4.69, 9.17) is 21.1 Å². The summed E-state index contributed by atoms with van der Waals surface area (Å²) in [5.41, 5.74) is 1.14. The molecule has 148 valence electrons. The largest absolute Gasteiger partial charge is 0.486 e. The van der Waals surface area contributed by atoms with Crippen molar-refractivity contribution < 1.29 is 14.3 Å². The third-order valence-electron chi connectivity index (χ3n) is 5.38. The van der Waals surface area contributed by atoms with E-state index in [1.807, 2.05) is 42.5 Å². The van der Waals surface area contributed by atoms with Crippen molar-refractivity contribution >= 4 is 17.5 Å². The Kier molecular flexibility index (Phi) is 6.03. The zero-order chi connectivity index (χ0) is 19.3. The van der Waals surface area contributed by atoms with Crippen molar-refractivity contribution in [3.63, 3.8) is 0 Å². The van der Waals surface area contributed by atoms with Crippen LogP contribution in [-0.4, -0.2) is 43.2 Å². The maximum atomic E-state index is 12.6. The molecule has 1 atom stereocenters. The van der Waals surface area contributed by atoms with Crippen LogP contribution in [0.2, 0.25) is 5.02 Å². The van der Waals surface area contributed by atoms with Crippen LogP contribution < -0.4 is 14.8 Å². The van der Waals surface area contributed by atoms with Gasteiger partial charge < -0.3 is 14.8 Å². The summed E-state index contributed by atoms with van der Waals surface area (Å²) in [6.45, 7) is 3.56. The third kappa shape index (κ3) is 4.59. The highest BCUT2D eigenvalue weighted by Gasteiger charge is 2.27. The number of rotatable bonds is 5. The second kappa shape index (κ2) is 8.84. The maximum Gasteiger partial charge on any atom is 0.223 e. The zero-order valence-electron chi connectivity index (χ0n) is 15.8. The Bertz CT molecular complexity index is 821. The molecule has 1 N–H and O–H groups in total. The number of piperidine rings is 1. The van der Waals surface area contributed by atoms with E-state index in [9.17, 15) is 4.79 Å². The monoisotopic (exact) mass is 400 g/mol. The number of likely N-dealkylation sites (tertiary alicyclic amines) is 1. The van der Waals surface area contributed by atoms with Crippen molar-refractivity contribution in [2.24, 2.45) is 5.92 Å². The molecule has 2 aliphatic heterocycles. The summed E-state index contributed by atoms with van der Waals surface area (Å²) < 4.78 is 11.6. The number of nitrogens with one attached hydrogen (secondary N) is 1. The lowest BCUT2D eigenvalue weighted by Crippen LogP contribution is -2.45. The van der Waals surface area contributed by atoms with Crippen LogP contribution in [0.1, 0.15) is 18.4 Å². The van der Waals surface area contributed by atoms with E-state index >= 15 is 0 Å². The van der Waals surface area contributed by atoms with Crippen LogP contribution in [0.3, 0.4) is 0 Å². The lowest BCUT2D eigenvalue weighted by molar-refractivity contribution is -0.127. The smallest absolute Gasteiger partial charge is 0.223 e. The summed E-state index contributed by atoms with van der Waals surface area (Å²) in [4.78, 5) is 14.9. The Morgan fingerprint density at radius 3 is 2.57 bits per heavy atom. The van der Waals surface area contributed by atoms with Gasteiger partial charge in [-0.2, -0.15) is 0 Å². The van der Waals surface area contributed by atoms with Gasteiger partial charge in [0.1, 0.15) is 12.7 Å². The second-order valence-corrected chi connectivity index (χ2v) is 7.79. The van der Waals surface area contributed by atoms with E-state index < -0.39 is 0 Å². The van der Waals surface area contributed by atoms with Crippen LogP contribution in [-0.2, 0) is 11.3 Å². The summed E-state index contributed by atoms with van der Waals surface area (Å²) >= 11 is 6.26. The average molecular weight is 401 g/mol. The molecule has 0 bridgehead atoms. The molecule has 2 aromatic rings. The number of nitrogens with zero attached hydrogens (tertiary/aromatic N) is 1. The van der Waals surface area contributed by atoms with E-state index in [0.717, 1.165) is 54.6 Å². The SMILES string of the molecule is O=C(NC[C@H]1COc2ccccc2O1)C1CCN(Cc2ccccc2Cl)CC1. The van der Waals surface area contributed by atoms with Crippen molar-refractivity contribution in [3.05, 3.63) is 59.1 Å². The highest BCUT2D eigenvalue weighted by atomic mass is 35.5. The number of halogens is 1. The lowest BCUT2D eigenvalue weighted by Gasteiger charge is -2.32. The molecule has 5 nitrogen and oxygen atoms in total. The first-order valence-corrected chi connectivity index (χ1v) is 10.2. The lowest BCUT2D eigenvalue weighted by atomic mass is 9.95. The second-order valence-electron chi connectivity index (χ2n) is 7.38. The van der Waals surface area contributed by atoms with E-state index in [1.165, 1.54) is 0 Å². The molecular weight excluding hydrogens is 376 g/mol. The Hall–Kier alpha value is -2.24. The standard InChI is InChI=1S/C22H25ClN2O3/c23-19-6-2-1-5-17(19)14-25-11-9-16(10-12-25)22(26)24-13-18-15-27-20-7-3-4-8-21(20)28-18/h1-8,16,18H,9-15H2,(H,24,26)/t18-/m0/s1. The average Bonchev–Trinajstić information content (AvgIpc) is 2.74. The summed E-state index contributed by atoms with van der Waals surface area (Å²) in [6.07, 6.45) is 1.57. The van der Waals surface area contributed by atoms with Crippen LogP contribution in [0.25, 0.3) is 0 Å². The van der Waals surface area contributed by atoms with Gasteiger partial charge in [0.15, 0.2) is 11.5 Å². The van der Waals surface area contributed by atoms with Gasteiger partial charge in [-0.05, 0) is 49.7 Å². The number of carbonyl (C=O) groups is 1. The molecule has 4 rings (SSSR count). The van der Waals surface area contributed by atoms with Crippen LogP contribution in [0, 0.1) is 5.92 Å². The first-order valence-electron chi connectivity index (χ1n) is 9.81. The van der Waals surface area contributed by atoms with E-state index in [1.54, 1.807) is 0 Å². The summed E-state index contributed by atoms with van der Waals surface area (Å²) in [5, 5.41) is 3.85. The molecule has 2 aliphatic rings. The van der Waals surface area contributed by atoms with Gasteiger partial charge in [-0.25, -0.2) is 0 Å². The van der Waals surface area contributed by atoms with Crippen molar-refractivity contribution in [1.82, 2.24) is 10.2 Å². The van der Waals surface area contributed by atoms with Crippen molar-refractivity contribution in [2.45, 2.75) is 25.5 Å². The number of para-hydroxylation sites is 2. The summed E-state index contributed by atoms with van der Waals surface area (Å²) in [5.74, 6) is 1.66. The van der Waals surface area contributed by atoms with Crippen LogP contribution in [0.5, 0.6) is 11.5 Å². The predicted octanol–water partition coefficient (Wildman–Crippen LogP) is 3.51. The zero-order valence-corrected chi connectivity index (χ0v) is 16.5. The van der Waals surface area contributed by atoms with E-state index in [2.05, 4.69) is 16.3 Å². The fourth-order valence-electron chi connectivity index (χ4n) is 3.74. The van der Waals surface area contributed by atoms with Crippen molar-refractivity contribution in [2.75, 3.05) is 26.2 Å². The fraction of sp³-hybridized carbons (Fsp3) is 0.409. The Labute approximate surface area is 170 Å². The fourth-order valence-corrected chi connectivity index (χ4v) is 3.94. The molecule has 2 heterocycles. The number of carbonyl (C=O) groups excluding carboxylic acids is 1. The minimum Gasteiger partial charge on any atom is -0.486 e. The van der Waals surface area contributed by atoms with Gasteiger partial charge in [0.05, 0.1) is 6.54 Å². The molecule has 0 aliphatic carbocycles. The molecule has 0 saturated carbocycles. The molecular formula is C22H25ClN2O3. The Balaban J connectivity index is 1.21. The summed E-state index contributed by atoms with van der Waals surface area (Å²) in [6, 6.07) is 15.6. The Morgan fingerprint density at radius 1 is 1.07 bits per heavy atom. The molecule has 0 unspecified atom stereocenters. The van der Waals surface area contributed by atoms with E-state index in [-0.39, 0.29) is 17.9 Å². The van der Waals surface area contributed by atoms with Gasteiger partial charge in [0.2, 0.25) is 5.91 Å². The molecule has 0 spiro atoms. The predicted molar refractivity (Wildman–Crippen MR) is 109 cm³/mol. The maximum absolute atomic E-state index is 12.6. The number of fused-ring (bicyclic) bond motifs is 1. The van der Waals surface area contributed by atoms with Gasteiger partial charge in [-0.3, -0.25) is 9.69 Å². The van der Waals surface area contributed by atoms with Crippen LogP contribution in [0.15, 0.2) is 48.5 Å². The van der Waals surface area contributed by atoms with Gasteiger partial charge in [0.25, 0.3) is 0 Å². The van der Waals surface area contributed by atoms with Gasteiger partial charge in [0, 0.05) is 17.5 Å². The minimum absolute atomic E-state index is 0.0549. The topological polar surface area (TPSA) is 50.8 Å². The highest BCUT2D eigenvalue weighted by Crippen LogP contribution is 2.30. The molecule has 1 saturated heterocycles. The van der Waals surface area contributed by atoms with Gasteiger partial charge in [-0.15, -0.1) is 0 Å². The molecule has 28 heavy (non-hydrogen) atoms. The normalized spacial score (nSPS) is 20.0. The van der Waals surface area contributed by atoms with Crippen molar-refractivity contribution in [1.29, 1.82) is 0 Å². The van der Waals surface area contributed by atoms with Crippen LogP contribution >= 0.6 is 11.6 Å². The molecule has 0 aromatic heterocycles. The van der Waals surface area contributed by atoms with Gasteiger partial charge in [-0.1, -0.05) is 41.9 Å². The van der Waals surface area contributed by atoms with Crippen molar-refractivity contribution in [3.8, 4) is 11.5 Å². The Morgan fingerprint density at radius 2 is 1.79 bits per heavy atom. The summed E-state index contributed by atoms with van der Waals surface area (Å²) in [7, 11) is 0. The molecule has 1 fully saturated rings. The highest BCUT2D eigenvalue weighted by molar-refractivity contribution is 6.31.